The quantitative estimate of drug-likeness (QED) is 0.890. The van der Waals surface area contributed by atoms with Crippen molar-refractivity contribution in [1.82, 2.24) is 10.2 Å². The van der Waals surface area contributed by atoms with E-state index in [-0.39, 0.29) is 18.1 Å². The maximum absolute atomic E-state index is 10.7. The van der Waals surface area contributed by atoms with Crippen LogP contribution in [0.15, 0.2) is 24.3 Å². The standard InChI is InChI=1S/C10H6Cl2N2O2.ClH/c11-5-1-2-6(7(12)3-5)8-4-9(10(15)16)14-13-8;/h1-4H,(H,13,14)(H,15,16);1H. The Kier molecular flexibility index (Phi) is 4.40. The maximum atomic E-state index is 10.7. The first-order valence-corrected chi connectivity index (χ1v) is 5.07. The van der Waals surface area contributed by atoms with Gasteiger partial charge in [0, 0.05) is 10.6 Å². The average Bonchev–Trinajstić information content (AvgIpc) is 2.66. The summed E-state index contributed by atoms with van der Waals surface area (Å²) in [6, 6.07) is 6.34. The van der Waals surface area contributed by atoms with Crippen LogP contribution in [-0.4, -0.2) is 21.3 Å². The third-order valence-corrected chi connectivity index (χ3v) is 2.56. The third kappa shape index (κ3) is 2.91. The van der Waals surface area contributed by atoms with E-state index in [0.717, 1.165) is 0 Å². The van der Waals surface area contributed by atoms with Gasteiger partial charge in [-0.25, -0.2) is 4.79 Å². The van der Waals surface area contributed by atoms with E-state index >= 15 is 0 Å². The molecule has 90 valence electrons. The summed E-state index contributed by atoms with van der Waals surface area (Å²) >= 11 is 11.7. The molecule has 0 fully saturated rings. The highest BCUT2D eigenvalue weighted by molar-refractivity contribution is 6.36. The van der Waals surface area contributed by atoms with E-state index in [2.05, 4.69) is 10.2 Å². The first kappa shape index (κ1) is 13.8. The van der Waals surface area contributed by atoms with Gasteiger partial charge in [-0.2, -0.15) is 5.10 Å². The van der Waals surface area contributed by atoms with Crippen LogP contribution < -0.4 is 0 Å². The molecule has 0 radical (unpaired) electrons. The number of H-pyrrole nitrogens is 1. The van der Waals surface area contributed by atoms with E-state index in [1.165, 1.54) is 6.07 Å². The summed E-state index contributed by atoms with van der Waals surface area (Å²) in [5, 5.41) is 15.9. The number of aromatic nitrogens is 2. The number of benzene rings is 1. The predicted molar refractivity (Wildman–Crippen MR) is 68.3 cm³/mol. The van der Waals surface area contributed by atoms with Gasteiger partial charge in [0.25, 0.3) is 0 Å². The summed E-state index contributed by atoms with van der Waals surface area (Å²) in [5.74, 6) is -1.07. The van der Waals surface area contributed by atoms with Gasteiger partial charge in [0.2, 0.25) is 0 Å². The molecule has 0 aliphatic carbocycles. The molecule has 0 bridgehead atoms. The third-order valence-electron chi connectivity index (χ3n) is 2.02. The molecule has 7 heteroatoms. The highest BCUT2D eigenvalue weighted by Gasteiger charge is 2.11. The molecule has 0 atom stereocenters. The lowest BCUT2D eigenvalue weighted by Gasteiger charge is -1.99. The van der Waals surface area contributed by atoms with Gasteiger partial charge < -0.3 is 5.11 Å². The van der Waals surface area contributed by atoms with Crippen LogP contribution in [0.4, 0.5) is 0 Å². The lowest BCUT2D eigenvalue weighted by atomic mass is 10.1. The summed E-state index contributed by atoms with van der Waals surface area (Å²) in [4.78, 5) is 10.7. The Labute approximate surface area is 113 Å². The number of hydrogen-bond donors (Lipinski definition) is 2. The predicted octanol–water partition coefficient (Wildman–Crippen LogP) is 3.50. The summed E-state index contributed by atoms with van der Waals surface area (Å²) < 4.78 is 0. The molecule has 2 aromatic rings. The number of nitrogens with one attached hydrogen (secondary N) is 1. The van der Waals surface area contributed by atoms with Crippen molar-refractivity contribution < 1.29 is 9.90 Å². The number of aromatic amines is 1. The van der Waals surface area contributed by atoms with Crippen LogP contribution >= 0.6 is 35.6 Å². The molecule has 4 nitrogen and oxygen atoms in total. The minimum absolute atomic E-state index is 0. The molecule has 1 heterocycles. The summed E-state index contributed by atoms with van der Waals surface area (Å²) in [6.45, 7) is 0. The van der Waals surface area contributed by atoms with Crippen molar-refractivity contribution in [3.05, 3.63) is 40.0 Å². The van der Waals surface area contributed by atoms with E-state index in [1.807, 2.05) is 0 Å². The Morgan fingerprint density at radius 3 is 2.53 bits per heavy atom. The van der Waals surface area contributed by atoms with Gasteiger partial charge in [-0.15, -0.1) is 12.4 Å². The van der Waals surface area contributed by atoms with Gasteiger partial charge in [-0.1, -0.05) is 23.2 Å². The Hall–Kier alpha value is -1.23. The number of rotatable bonds is 2. The highest BCUT2D eigenvalue weighted by Crippen LogP contribution is 2.29. The van der Waals surface area contributed by atoms with Crippen molar-refractivity contribution in [3.63, 3.8) is 0 Å². The second-order valence-corrected chi connectivity index (χ2v) is 3.94. The number of halogens is 3. The molecule has 0 saturated carbocycles. The topological polar surface area (TPSA) is 66.0 Å². The Bertz CT molecular complexity index is 554. The molecule has 0 aliphatic rings. The van der Waals surface area contributed by atoms with E-state index in [4.69, 9.17) is 28.3 Å². The summed E-state index contributed by atoms with van der Waals surface area (Å²) in [7, 11) is 0. The van der Waals surface area contributed by atoms with Crippen LogP contribution in [0.3, 0.4) is 0 Å². The molecule has 2 N–H and O–H groups in total. The fourth-order valence-electron chi connectivity index (χ4n) is 1.27. The van der Waals surface area contributed by atoms with Crippen molar-refractivity contribution in [2.75, 3.05) is 0 Å². The molecule has 1 aromatic heterocycles. The number of nitrogens with zero attached hydrogens (tertiary/aromatic N) is 1. The normalized spacial score (nSPS) is 9.76. The van der Waals surface area contributed by atoms with E-state index in [1.54, 1.807) is 18.2 Å². The monoisotopic (exact) mass is 292 g/mol. The minimum Gasteiger partial charge on any atom is -0.477 e. The number of carbonyl (C=O) groups is 1. The molecule has 0 amide bonds. The molecular formula is C10H7Cl3N2O2. The van der Waals surface area contributed by atoms with E-state index in [0.29, 0.717) is 21.3 Å². The van der Waals surface area contributed by atoms with Gasteiger partial charge in [-0.3, -0.25) is 5.10 Å². The number of aromatic carboxylic acids is 1. The van der Waals surface area contributed by atoms with Crippen LogP contribution in [0.25, 0.3) is 11.3 Å². The summed E-state index contributed by atoms with van der Waals surface area (Å²) in [6.07, 6.45) is 0. The van der Waals surface area contributed by atoms with E-state index < -0.39 is 5.97 Å². The zero-order chi connectivity index (χ0) is 11.7. The fourth-order valence-corrected chi connectivity index (χ4v) is 1.77. The van der Waals surface area contributed by atoms with Gasteiger partial charge in [0.15, 0.2) is 0 Å². The second-order valence-electron chi connectivity index (χ2n) is 3.10. The average molecular weight is 294 g/mol. The molecule has 0 spiro atoms. The fraction of sp³-hybridized carbons (Fsp3) is 0. The van der Waals surface area contributed by atoms with Crippen LogP contribution in [-0.2, 0) is 0 Å². The largest absolute Gasteiger partial charge is 0.477 e. The van der Waals surface area contributed by atoms with Crippen LogP contribution in [0.5, 0.6) is 0 Å². The Balaban J connectivity index is 0.00000144. The van der Waals surface area contributed by atoms with E-state index in [9.17, 15) is 4.79 Å². The zero-order valence-corrected chi connectivity index (χ0v) is 10.6. The van der Waals surface area contributed by atoms with Crippen molar-refractivity contribution in [2.45, 2.75) is 0 Å². The smallest absolute Gasteiger partial charge is 0.353 e. The lowest BCUT2D eigenvalue weighted by molar-refractivity contribution is 0.0690. The minimum atomic E-state index is -1.07. The Morgan fingerprint density at radius 1 is 1.29 bits per heavy atom. The molecular weight excluding hydrogens is 286 g/mol. The zero-order valence-electron chi connectivity index (χ0n) is 8.28. The van der Waals surface area contributed by atoms with Crippen molar-refractivity contribution in [3.8, 4) is 11.3 Å². The molecule has 17 heavy (non-hydrogen) atoms. The molecule has 1 aromatic carbocycles. The lowest BCUT2D eigenvalue weighted by Crippen LogP contribution is -1.95. The van der Waals surface area contributed by atoms with Gasteiger partial charge in [0.1, 0.15) is 5.69 Å². The molecule has 0 unspecified atom stereocenters. The van der Waals surface area contributed by atoms with Crippen LogP contribution in [0.1, 0.15) is 10.5 Å². The first-order chi connectivity index (χ1) is 7.58. The molecule has 0 aliphatic heterocycles. The SMILES string of the molecule is Cl.O=C(O)c1cc(-c2ccc(Cl)cc2Cl)n[nH]1. The maximum Gasteiger partial charge on any atom is 0.353 e. The van der Waals surface area contributed by atoms with Crippen molar-refractivity contribution >= 4 is 41.6 Å². The number of carboxylic acids is 1. The molecule has 2 rings (SSSR count). The summed E-state index contributed by atoms with van der Waals surface area (Å²) in [5.41, 5.74) is 1.12. The molecule has 0 saturated heterocycles. The van der Waals surface area contributed by atoms with Crippen molar-refractivity contribution in [1.29, 1.82) is 0 Å². The first-order valence-electron chi connectivity index (χ1n) is 4.32. The van der Waals surface area contributed by atoms with Gasteiger partial charge >= 0.3 is 5.97 Å². The Morgan fingerprint density at radius 2 is 2.00 bits per heavy atom. The van der Waals surface area contributed by atoms with Crippen LogP contribution in [0, 0.1) is 0 Å². The van der Waals surface area contributed by atoms with Crippen LogP contribution in [0.2, 0.25) is 10.0 Å². The number of hydrogen-bond acceptors (Lipinski definition) is 2. The number of carboxylic acid groups (broad SMARTS) is 1. The van der Waals surface area contributed by atoms with Gasteiger partial charge in [-0.05, 0) is 24.3 Å². The van der Waals surface area contributed by atoms with Crippen molar-refractivity contribution in [2.24, 2.45) is 0 Å². The second kappa shape index (κ2) is 5.40. The highest BCUT2D eigenvalue weighted by atomic mass is 35.5. The van der Waals surface area contributed by atoms with Gasteiger partial charge in [0.05, 0.1) is 10.7 Å².